The van der Waals surface area contributed by atoms with Crippen LogP contribution in [0.15, 0.2) is 12.2 Å². The van der Waals surface area contributed by atoms with Crippen LogP contribution in [0.25, 0.3) is 0 Å². The van der Waals surface area contributed by atoms with Gasteiger partial charge in [-0.3, -0.25) is 4.79 Å². The zero-order chi connectivity index (χ0) is 14.5. The second-order valence-corrected chi connectivity index (χ2v) is 7.91. The van der Waals surface area contributed by atoms with Crippen LogP contribution in [0.1, 0.15) is 59.3 Å². The minimum Gasteiger partial charge on any atom is -0.378 e. The number of rotatable bonds is 1. The van der Waals surface area contributed by atoms with Crippen molar-refractivity contribution in [1.82, 2.24) is 0 Å². The number of ketones is 1. The number of carbonyl (C=O) groups excluding carboxylic acids is 1. The molecule has 3 rings (SSSR count). The molecule has 0 aromatic rings. The van der Waals surface area contributed by atoms with E-state index in [4.69, 9.17) is 0 Å². The van der Waals surface area contributed by atoms with E-state index in [1.807, 2.05) is 6.08 Å². The lowest BCUT2D eigenvalue weighted by Gasteiger charge is -2.48. The molecule has 5 atom stereocenters. The van der Waals surface area contributed by atoms with Crippen molar-refractivity contribution in [3.63, 3.8) is 0 Å². The van der Waals surface area contributed by atoms with Gasteiger partial charge < -0.3 is 5.11 Å². The first-order valence-electron chi connectivity index (χ1n) is 8.34. The van der Waals surface area contributed by atoms with Crippen LogP contribution >= 0.6 is 0 Å². The van der Waals surface area contributed by atoms with Gasteiger partial charge in [0.25, 0.3) is 0 Å². The van der Waals surface area contributed by atoms with E-state index >= 15 is 0 Å². The van der Waals surface area contributed by atoms with Crippen LogP contribution in [-0.2, 0) is 4.79 Å². The van der Waals surface area contributed by atoms with E-state index in [2.05, 4.69) is 26.8 Å². The van der Waals surface area contributed by atoms with Crippen LogP contribution in [0.2, 0.25) is 0 Å². The second kappa shape index (κ2) is 4.69. The maximum absolute atomic E-state index is 12.4. The third kappa shape index (κ3) is 1.91. The van der Waals surface area contributed by atoms with Crippen molar-refractivity contribution in [2.75, 3.05) is 0 Å². The highest BCUT2D eigenvalue weighted by Crippen LogP contribution is 2.60. The third-order valence-corrected chi connectivity index (χ3v) is 6.43. The Bertz CT molecular complexity index is 439. The summed E-state index contributed by atoms with van der Waals surface area (Å²) >= 11 is 0. The summed E-state index contributed by atoms with van der Waals surface area (Å²) in [4.78, 5) is 12.4. The minimum atomic E-state index is -1.17. The van der Waals surface area contributed by atoms with Crippen molar-refractivity contribution >= 4 is 5.78 Å². The molecule has 0 aliphatic heterocycles. The van der Waals surface area contributed by atoms with E-state index < -0.39 is 5.60 Å². The standard InChI is InChI=1S/C18H28O2/c1-12(2)13-8-9-17(3)10-11-18(20)14(16(13)17)6-4-5-7-15(18)19/h10-14,16,20H,4-9H2,1-3H3/t13-,14-,16+,17-,18-/m1/s1. The van der Waals surface area contributed by atoms with E-state index in [0.717, 1.165) is 19.3 Å². The summed E-state index contributed by atoms with van der Waals surface area (Å²) in [5.41, 5.74) is -0.978. The second-order valence-electron chi connectivity index (χ2n) is 7.91. The summed E-state index contributed by atoms with van der Waals surface area (Å²) in [6.07, 6.45) is 10.1. The van der Waals surface area contributed by atoms with Gasteiger partial charge in [0.2, 0.25) is 0 Å². The molecule has 0 heterocycles. The van der Waals surface area contributed by atoms with Crippen LogP contribution in [0.5, 0.6) is 0 Å². The van der Waals surface area contributed by atoms with Gasteiger partial charge in [-0.1, -0.05) is 33.3 Å². The van der Waals surface area contributed by atoms with Crippen molar-refractivity contribution in [3.05, 3.63) is 12.2 Å². The van der Waals surface area contributed by atoms with E-state index in [1.165, 1.54) is 12.8 Å². The van der Waals surface area contributed by atoms with Gasteiger partial charge in [-0.05, 0) is 54.9 Å². The number of aliphatic hydroxyl groups is 1. The highest BCUT2D eigenvalue weighted by molar-refractivity contribution is 5.90. The first-order chi connectivity index (χ1) is 9.38. The summed E-state index contributed by atoms with van der Waals surface area (Å²) < 4.78 is 0. The van der Waals surface area contributed by atoms with Crippen LogP contribution in [-0.4, -0.2) is 16.5 Å². The largest absolute Gasteiger partial charge is 0.378 e. The van der Waals surface area contributed by atoms with Crippen molar-refractivity contribution in [3.8, 4) is 0 Å². The Morgan fingerprint density at radius 2 is 2.00 bits per heavy atom. The SMILES string of the molecule is CC(C)[C@H]1CC[C@]2(C)C=C[C@]3(O)C(=O)CCCC[C@@H]3[C@H]12. The molecule has 2 fully saturated rings. The van der Waals surface area contributed by atoms with Gasteiger partial charge >= 0.3 is 0 Å². The highest BCUT2D eigenvalue weighted by Gasteiger charge is 2.58. The molecular weight excluding hydrogens is 248 g/mol. The van der Waals surface area contributed by atoms with Crippen LogP contribution < -0.4 is 0 Å². The monoisotopic (exact) mass is 276 g/mol. The lowest BCUT2D eigenvalue weighted by molar-refractivity contribution is -0.142. The summed E-state index contributed by atoms with van der Waals surface area (Å²) in [6.45, 7) is 6.93. The molecule has 3 aliphatic rings. The van der Waals surface area contributed by atoms with Crippen molar-refractivity contribution in [1.29, 1.82) is 0 Å². The van der Waals surface area contributed by atoms with E-state index in [1.54, 1.807) is 0 Å². The fourth-order valence-corrected chi connectivity index (χ4v) is 5.28. The fraction of sp³-hybridized carbons (Fsp3) is 0.833. The van der Waals surface area contributed by atoms with Gasteiger partial charge in [-0.15, -0.1) is 0 Å². The van der Waals surface area contributed by atoms with Crippen LogP contribution in [0.3, 0.4) is 0 Å². The maximum Gasteiger partial charge on any atom is 0.168 e. The van der Waals surface area contributed by atoms with E-state index in [0.29, 0.717) is 24.2 Å². The predicted molar refractivity (Wildman–Crippen MR) is 80.2 cm³/mol. The molecule has 0 radical (unpaired) electrons. The maximum atomic E-state index is 12.4. The number of fused-ring (bicyclic) bond motifs is 3. The molecule has 0 bridgehead atoms. The lowest BCUT2D eigenvalue weighted by Crippen LogP contribution is -2.53. The molecule has 2 heteroatoms. The van der Waals surface area contributed by atoms with Gasteiger partial charge in [0.05, 0.1) is 0 Å². The smallest absolute Gasteiger partial charge is 0.168 e. The Balaban J connectivity index is 2.05. The number of allylic oxidation sites excluding steroid dienone is 1. The molecule has 112 valence electrons. The average Bonchev–Trinajstić information content (AvgIpc) is 2.67. The van der Waals surface area contributed by atoms with Crippen molar-refractivity contribution in [2.45, 2.75) is 64.9 Å². The minimum absolute atomic E-state index is 0.0627. The Morgan fingerprint density at radius 3 is 2.70 bits per heavy atom. The molecule has 0 aromatic heterocycles. The molecular formula is C18H28O2. The molecule has 1 N–H and O–H groups in total. The zero-order valence-electron chi connectivity index (χ0n) is 13.1. The molecule has 0 aromatic carbocycles. The Kier molecular flexibility index (Phi) is 3.36. The molecule has 0 amide bonds. The van der Waals surface area contributed by atoms with Crippen LogP contribution in [0.4, 0.5) is 0 Å². The Hall–Kier alpha value is -0.630. The molecule has 0 spiro atoms. The summed E-state index contributed by atoms with van der Waals surface area (Å²) in [7, 11) is 0. The first kappa shape index (κ1) is 14.3. The third-order valence-electron chi connectivity index (χ3n) is 6.43. The number of Topliss-reactive ketones (excluding diaryl/α,β-unsaturated/α-hetero) is 1. The normalized spacial score (nSPS) is 48.0. The number of carbonyl (C=O) groups is 1. The van der Waals surface area contributed by atoms with E-state index in [-0.39, 0.29) is 17.1 Å². The Labute approximate surface area is 122 Å². The van der Waals surface area contributed by atoms with Gasteiger partial charge in [0.15, 0.2) is 5.78 Å². The summed E-state index contributed by atoms with van der Waals surface area (Å²) in [5.74, 6) is 1.96. The van der Waals surface area contributed by atoms with Crippen LogP contribution in [0, 0.1) is 29.1 Å². The topological polar surface area (TPSA) is 37.3 Å². The lowest BCUT2D eigenvalue weighted by atomic mass is 9.58. The molecule has 2 saturated carbocycles. The Morgan fingerprint density at radius 1 is 1.25 bits per heavy atom. The number of hydrogen-bond acceptors (Lipinski definition) is 2. The molecule has 0 saturated heterocycles. The average molecular weight is 276 g/mol. The molecule has 2 nitrogen and oxygen atoms in total. The first-order valence-corrected chi connectivity index (χ1v) is 8.34. The molecule has 3 aliphatic carbocycles. The fourth-order valence-electron chi connectivity index (χ4n) is 5.28. The van der Waals surface area contributed by atoms with Crippen molar-refractivity contribution in [2.24, 2.45) is 29.1 Å². The van der Waals surface area contributed by atoms with Gasteiger partial charge in [-0.25, -0.2) is 0 Å². The predicted octanol–water partition coefficient (Wildman–Crippen LogP) is 3.74. The molecule has 0 unspecified atom stereocenters. The zero-order valence-corrected chi connectivity index (χ0v) is 13.1. The summed E-state index contributed by atoms with van der Waals surface area (Å²) in [5, 5.41) is 11.1. The van der Waals surface area contributed by atoms with Gasteiger partial charge in [0, 0.05) is 12.3 Å². The summed E-state index contributed by atoms with van der Waals surface area (Å²) in [6, 6.07) is 0. The highest BCUT2D eigenvalue weighted by atomic mass is 16.3. The van der Waals surface area contributed by atoms with Gasteiger partial charge in [0.1, 0.15) is 5.60 Å². The van der Waals surface area contributed by atoms with Crippen molar-refractivity contribution < 1.29 is 9.90 Å². The van der Waals surface area contributed by atoms with E-state index in [9.17, 15) is 9.90 Å². The quantitative estimate of drug-likeness (QED) is 0.741. The van der Waals surface area contributed by atoms with Gasteiger partial charge in [-0.2, -0.15) is 0 Å². The molecule has 20 heavy (non-hydrogen) atoms. The number of hydrogen-bond donors (Lipinski definition) is 1.